The molecule has 4 saturated carbocycles. The van der Waals surface area contributed by atoms with Crippen molar-refractivity contribution in [2.45, 2.75) is 127 Å². The highest BCUT2D eigenvalue weighted by atomic mass is 32.2. The van der Waals surface area contributed by atoms with Gasteiger partial charge in [0.1, 0.15) is 6.10 Å². The van der Waals surface area contributed by atoms with E-state index < -0.39 is 34.9 Å². The van der Waals surface area contributed by atoms with Gasteiger partial charge in [-0.05, 0) is 94.3 Å². The minimum absolute atomic E-state index is 0.126. The topological polar surface area (TPSA) is 138 Å². The van der Waals surface area contributed by atoms with Gasteiger partial charge in [-0.1, -0.05) is 20.3 Å². The van der Waals surface area contributed by atoms with Crippen LogP contribution in [0, 0.1) is 35.5 Å². The van der Waals surface area contributed by atoms with E-state index in [0.717, 1.165) is 57.8 Å². The lowest BCUT2D eigenvalue weighted by atomic mass is 9.74. The van der Waals surface area contributed by atoms with Crippen molar-refractivity contribution >= 4 is 23.0 Å². The lowest BCUT2D eigenvalue weighted by molar-refractivity contribution is -0.341. The van der Waals surface area contributed by atoms with Gasteiger partial charge in [0, 0.05) is 12.8 Å². The molecule has 236 valence electrons. The van der Waals surface area contributed by atoms with Crippen molar-refractivity contribution in [2.75, 3.05) is 13.2 Å². The van der Waals surface area contributed by atoms with Crippen molar-refractivity contribution in [3.8, 4) is 0 Å². The molecule has 0 radical (unpaired) electrons. The van der Waals surface area contributed by atoms with Gasteiger partial charge in [-0.25, -0.2) is 18.9 Å². The molecule has 41 heavy (non-hydrogen) atoms. The van der Waals surface area contributed by atoms with E-state index in [4.69, 9.17) is 24.0 Å². The standard InChI is InChI=1S/C30H50O10S/c1-19-9-11-21(17-36-34)22(13-19)18-37-39-24-6-3-7-25(15-24)40-41(35)26-8-4-5-23(16-26)38-30(33)28-14-20(2)10-12-27(28)29(31)32/h19-28,34H,3-18H2,1-2H3,(H,31,32). The molecule has 0 heterocycles. The summed E-state index contributed by atoms with van der Waals surface area (Å²) in [5, 5.41) is 18.3. The Bertz CT molecular complexity index is 870. The highest BCUT2D eigenvalue weighted by Gasteiger charge is 2.41. The van der Waals surface area contributed by atoms with Crippen molar-refractivity contribution in [1.29, 1.82) is 0 Å². The maximum atomic E-state index is 13.2. The summed E-state index contributed by atoms with van der Waals surface area (Å²) >= 11 is -1.52. The fourth-order valence-electron chi connectivity index (χ4n) is 7.37. The third kappa shape index (κ3) is 9.69. The minimum Gasteiger partial charge on any atom is -0.481 e. The Kier molecular flexibility index (Phi) is 12.9. The van der Waals surface area contributed by atoms with Gasteiger partial charge in [0.15, 0.2) is 11.1 Å². The summed E-state index contributed by atoms with van der Waals surface area (Å²) in [6.45, 7) is 5.05. The number of hydrogen-bond acceptors (Lipinski definition) is 9. The first kappa shape index (κ1) is 32.8. The van der Waals surface area contributed by atoms with Gasteiger partial charge < -0.3 is 9.84 Å². The zero-order valence-corrected chi connectivity index (χ0v) is 25.5. The maximum Gasteiger partial charge on any atom is 0.310 e. The first-order valence-corrected chi connectivity index (χ1v) is 16.9. The third-order valence-electron chi connectivity index (χ3n) is 9.85. The first-order chi connectivity index (χ1) is 19.7. The fourth-order valence-corrected chi connectivity index (χ4v) is 8.70. The SMILES string of the molecule is CC1CCC(COO)C(COOC2CCCC(OS(=O)C3CCCC(OC(=O)C4CC(C)CCC4C(=O)O)C3)C2)C1. The van der Waals surface area contributed by atoms with Crippen LogP contribution in [0.2, 0.25) is 0 Å². The van der Waals surface area contributed by atoms with Gasteiger partial charge in [0.25, 0.3) is 0 Å². The summed E-state index contributed by atoms with van der Waals surface area (Å²) in [4.78, 5) is 40.6. The molecule has 0 aromatic rings. The number of ether oxygens (including phenoxy) is 1. The van der Waals surface area contributed by atoms with Gasteiger partial charge in [-0.15, -0.1) is 0 Å². The zero-order valence-electron chi connectivity index (χ0n) is 24.7. The quantitative estimate of drug-likeness (QED) is 0.168. The average Bonchev–Trinajstić information content (AvgIpc) is 2.94. The molecule has 0 spiro atoms. The Hall–Kier alpha value is -1.11. The second-order valence-electron chi connectivity index (χ2n) is 13.2. The Balaban J connectivity index is 1.20. The summed E-state index contributed by atoms with van der Waals surface area (Å²) < 4.78 is 25.1. The lowest BCUT2D eigenvalue weighted by Gasteiger charge is -2.35. The number of aliphatic carboxylic acids is 1. The predicted molar refractivity (Wildman–Crippen MR) is 151 cm³/mol. The largest absolute Gasteiger partial charge is 0.481 e. The van der Waals surface area contributed by atoms with Crippen LogP contribution in [0.3, 0.4) is 0 Å². The molecule has 2 N–H and O–H groups in total. The Morgan fingerprint density at radius 2 is 1.46 bits per heavy atom. The number of hydrogen-bond donors (Lipinski definition) is 2. The Labute approximate surface area is 246 Å². The van der Waals surface area contributed by atoms with Crippen LogP contribution < -0.4 is 0 Å². The van der Waals surface area contributed by atoms with Gasteiger partial charge in [-0.2, -0.15) is 0 Å². The van der Waals surface area contributed by atoms with E-state index in [1.165, 1.54) is 0 Å². The lowest BCUT2D eigenvalue weighted by Crippen LogP contribution is -2.39. The molecule has 11 unspecified atom stereocenters. The number of carboxylic acids is 1. The summed E-state index contributed by atoms with van der Waals surface area (Å²) in [7, 11) is 0. The summed E-state index contributed by atoms with van der Waals surface area (Å²) in [5.74, 6) is -1.22. The number of esters is 1. The summed E-state index contributed by atoms with van der Waals surface area (Å²) in [6.07, 6.45) is 10.2. The molecule has 0 saturated heterocycles. The van der Waals surface area contributed by atoms with E-state index in [1.54, 1.807) is 0 Å². The van der Waals surface area contributed by atoms with Gasteiger partial charge in [-0.3, -0.25) is 19.0 Å². The highest BCUT2D eigenvalue weighted by molar-refractivity contribution is 7.80. The van der Waals surface area contributed by atoms with Crippen LogP contribution in [0.4, 0.5) is 0 Å². The molecule has 4 aliphatic rings. The smallest absolute Gasteiger partial charge is 0.310 e. The van der Waals surface area contributed by atoms with Crippen LogP contribution in [-0.4, -0.2) is 63.3 Å². The van der Waals surface area contributed by atoms with Crippen LogP contribution in [0.5, 0.6) is 0 Å². The molecule has 0 aromatic heterocycles. The van der Waals surface area contributed by atoms with Gasteiger partial charge in [0.05, 0.1) is 42.5 Å². The van der Waals surface area contributed by atoms with Crippen molar-refractivity contribution < 1.29 is 47.7 Å². The molecule has 10 nitrogen and oxygen atoms in total. The van der Waals surface area contributed by atoms with Crippen molar-refractivity contribution in [3.63, 3.8) is 0 Å². The normalized spacial score (nSPS) is 39.1. The van der Waals surface area contributed by atoms with Gasteiger partial charge >= 0.3 is 11.9 Å². The molecule has 11 heteroatoms. The summed E-state index contributed by atoms with van der Waals surface area (Å²) in [6, 6.07) is 0. The zero-order chi connectivity index (χ0) is 29.4. The Morgan fingerprint density at radius 1 is 0.756 bits per heavy atom. The van der Waals surface area contributed by atoms with E-state index in [0.29, 0.717) is 57.2 Å². The molecule has 0 amide bonds. The third-order valence-corrected chi connectivity index (χ3v) is 11.3. The molecule has 4 aliphatic carbocycles. The average molecular weight is 603 g/mol. The number of carboxylic acid groups (broad SMARTS) is 1. The van der Waals surface area contributed by atoms with E-state index in [-0.39, 0.29) is 35.4 Å². The second kappa shape index (κ2) is 16.1. The molecular weight excluding hydrogens is 552 g/mol. The number of rotatable bonds is 12. The molecular formula is C30H50O10S. The summed E-state index contributed by atoms with van der Waals surface area (Å²) in [5.41, 5.74) is 0. The Morgan fingerprint density at radius 3 is 2.24 bits per heavy atom. The van der Waals surface area contributed by atoms with E-state index in [9.17, 15) is 18.9 Å². The van der Waals surface area contributed by atoms with Crippen LogP contribution in [0.15, 0.2) is 0 Å². The molecule has 4 fully saturated rings. The number of carbonyl (C=O) groups excluding carboxylic acids is 1. The van der Waals surface area contributed by atoms with Crippen molar-refractivity contribution in [2.24, 2.45) is 35.5 Å². The van der Waals surface area contributed by atoms with Crippen LogP contribution in [0.1, 0.15) is 104 Å². The maximum absolute atomic E-state index is 13.2. The van der Waals surface area contributed by atoms with Crippen molar-refractivity contribution in [1.82, 2.24) is 0 Å². The van der Waals surface area contributed by atoms with Crippen LogP contribution in [0.25, 0.3) is 0 Å². The first-order valence-electron chi connectivity index (χ1n) is 15.8. The molecule has 0 aromatic carbocycles. The van der Waals surface area contributed by atoms with Gasteiger partial charge in [0.2, 0.25) is 0 Å². The molecule has 0 bridgehead atoms. The van der Waals surface area contributed by atoms with E-state index >= 15 is 0 Å². The predicted octanol–water partition coefficient (Wildman–Crippen LogP) is 5.46. The highest BCUT2D eigenvalue weighted by Crippen LogP contribution is 2.37. The molecule has 0 aliphatic heterocycles. The van der Waals surface area contributed by atoms with Crippen LogP contribution >= 0.6 is 0 Å². The number of carbonyl (C=O) groups is 2. The van der Waals surface area contributed by atoms with Crippen molar-refractivity contribution in [3.05, 3.63) is 0 Å². The van der Waals surface area contributed by atoms with E-state index in [1.807, 2.05) is 6.92 Å². The monoisotopic (exact) mass is 602 g/mol. The van der Waals surface area contributed by atoms with Crippen LogP contribution in [-0.2, 0) is 44.3 Å². The molecule has 4 rings (SSSR count). The second-order valence-corrected chi connectivity index (χ2v) is 14.6. The molecule has 11 atom stereocenters. The fraction of sp³-hybridized carbons (Fsp3) is 0.933. The van der Waals surface area contributed by atoms with E-state index in [2.05, 4.69) is 11.8 Å². The minimum atomic E-state index is -1.52.